The maximum absolute atomic E-state index is 13.0. The van der Waals surface area contributed by atoms with E-state index in [2.05, 4.69) is 5.32 Å². The number of benzene rings is 1. The minimum atomic E-state index is -3.73. The van der Waals surface area contributed by atoms with Gasteiger partial charge in [-0.05, 0) is 63.0 Å². The van der Waals surface area contributed by atoms with Crippen molar-refractivity contribution < 1.29 is 16.8 Å². The molecule has 2 rings (SSSR count). The summed E-state index contributed by atoms with van der Waals surface area (Å²) in [6.45, 7) is 4.83. The Balaban J connectivity index is 0.00000288. The molecule has 1 heterocycles. The number of nitrogens with zero attached hydrogens (tertiary/aromatic N) is 1. The maximum Gasteiger partial charge on any atom is 0.243 e. The monoisotopic (exact) mass is 396 g/mol. The third kappa shape index (κ3) is 4.29. The van der Waals surface area contributed by atoms with Gasteiger partial charge in [-0.1, -0.05) is 0 Å². The SMILES string of the molecule is Cc1cc(S(C)(=O)=O)c(C)c(S(=O)(=O)N(C)C2CCNCC2)c1.Cl. The summed E-state index contributed by atoms with van der Waals surface area (Å²) in [5, 5.41) is 3.21. The Bertz CT molecular complexity index is 801. The van der Waals surface area contributed by atoms with Crippen molar-refractivity contribution in [1.82, 2.24) is 9.62 Å². The summed E-state index contributed by atoms with van der Waals surface area (Å²) in [5.74, 6) is 0. The third-order valence-corrected chi connectivity index (χ3v) is 7.60. The average Bonchev–Trinajstić information content (AvgIpc) is 2.48. The number of halogens is 1. The van der Waals surface area contributed by atoms with Gasteiger partial charge in [0.1, 0.15) is 0 Å². The lowest BCUT2D eigenvalue weighted by atomic mass is 10.1. The molecule has 1 saturated heterocycles. The van der Waals surface area contributed by atoms with Gasteiger partial charge >= 0.3 is 0 Å². The fraction of sp³-hybridized carbons (Fsp3) is 0.600. The van der Waals surface area contributed by atoms with Crippen LogP contribution in [0.3, 0.4) is 0 Å². The predicted molar refractivity (Wildman–Crippen MR) is 97.1 cm³/mol. The number of sulfonamides is 1. The lowest BCUT2D eigenvalue weighted by Crippen LogP contribution is -2.44. The Labute approximate surface area is 151 Å². The molecular formula is C15H25ClN2O4S2. The van der Waals surface area contributed by atoms with Gasteiger partial charge in [-0.25, -0.2) is 16.8 Å². The van der Waals surface area contributed by atoms with Crippen LogP contribution in [0.4, 0.5) is 0 Å². The van der Waals surface area contributed by atoms with E-state index in [0.29, 0.717) is 11.1 Å². The number of hydrogen-bond acceptors (Lipinski definition) is 5. The highest BCUT2D eigenvalue weighted by atomic mass is 35.5. The second kappa shape index (κ2) is 7.70. The van der Waals surface area contributed by atoms with Gasteiger partial charge in [-0.3, -0.25) is 0 Å². The van der Waals surface area contributed by atoms with E-state index in [4.69, 9.17) is 0 Å². The van der Waals surface area contributed by atoms with Crippen molar-refractivity contribution in [3.8, 4) is 0 Å². The molecule has 0 aliphatic carbocycles. The van der Waals surface area contributed by atoms with Crippen LogP contribution in [0.2, 0.25) is 0 Å². The standard InChI is InChI=1S/C15H24N2O4S2.ClH/c1-11-9-14(22(4,18)19)12(2)15(10-11)23(20,21)17(3)13-5-7-16-8-6-13;/h9-10,13,16H,5-8H2,1-4H3;1H. The first-order valence-corrected chi connectivity index (χ1v) is 10.9. The van der Waals surface area contributed by atoms with Crippen LogP contribution in [0.1, 0.15) is 24.0 Å². The van der Waals surface area contributed by atoms with Gasteiger partial charge in [0.25, 0.3) is 0 Å². The number of nitrogens with one attached hydrogen (secondary N) is 1. The third-order valence-electron chi connectivity index (χ3n) is 4.34. The van der Waals surface area contributed by atoms with Gasteiger partial charge in [0, 0.05) is 19.3 Å². The summed E-state index contributed by atoms with van der Waals surface area (Å²) in [6.07, 6.45) is 2.60. The lowest BCUT2D eigenvalue weighted by molar-refractivity contribution is 0.296. The summed E-state index contributed by atoms with van der Waals surface area (Å²) in [4.78, 5) is 0.161. The largest absolute Gasteiger partial charge is 0.317 e. The molecule has 0 saturated carbocycles. The van der Waals surface area contributed by atoms with E-state index in [0.717, 1.165) is 32.2 Å². The molecule has 9 heteroatoms. The van der Waals surface area contributed by atoms with Crippen molar-refractivity contribution in [3.05, 3.63) is 23.3 Å². The molecule has 1 aromatic rings. The first kappa shape index (κ1) is 21.4. The normalized spacial score (nSPS) is 16.9. The Hall–Kier alpha value is -0.670. The van der Waals surface area contributed by atoms with Crippen molar-refractivity contribution >= 4 is 32.3 Å². The molecule has 0 bridgehead atoms. The number of rotatable bonds is 4. The topological polar surface area (TPSA) is 83.5 Å². The number of aryl methyl sites for hydroxylation is 1. The van der Waals surface area contributed by atoms with Crippen molar-refractivity contribution in [2.75, 3.05) is 26.4 Å². The number of hydrogen-bond donors (Lipinski definition) is 1. The zero-order valence-corrected chi connectivity index (χ0v) is 16.8. The molecule has 0 radical (unpaired) electrons. The van der Waals surface area contributed by atoms with Crippen molar-refractivity contribution in [3.63, 3.8) is 0 Å². The van der Waals surface area contributed by atoms with Crippen LogP contribution in [0, 0.1) is 13.8 Å². The molecule has 0 atom stereocenters. The van der Waals surface area contributed by atoms with Gasteiger partial charge in [-0.15, -0.1) is 12.4 Å². The van der Waals surface area contributed by atoms with Crippen LogP contribution in [0.25, 0.3) is 0 Å². The quantitative estimate of drug-likeness (QED) is 0.833. The smallest absolute Gasteiger partial charge is 0.243 e. The van der Waals surface area contributed by atoms with Gasteiger partial charge in [0.05, 0.1) is 9.79 Å². The molecule has 1 N–H and O–H groups in total. The van der Waals surface area contributed by atoms with E-state index >= 15 is 0 Å². The molecule has 1 aliphatic heterocycles. The maximum atomic E-state index is 13.0. The molecule has 0 unspecified atom stereocenters. The minimum Gasteiger partial charge on any atom is -0.317 e. The number of sulfone groups is 1. The van der Waals surface area contributed by atoms with E-state index in [1.807, 2.05) is 0 Å². The first-order valence-electron chi connectivity index (χ1n) is 7.55. The zero-order chi connectivity index (χ0) is 17.4. The second-order valence-corrected chi connectivity index (χ2v) is 10.1. The van der Waals surface area contributed by atoms with E-state index < -0.39 is 19.9 Å². The van der Waals surface area contributed by atoms with Crippen LogP contribution in [0.5, 0.6) is 0 Å². The van der Waals surface area contributed by atoms with Crippen molar-refractivity contribution in [1.29, 1.82) is 0 Å². The van der Waals surface area contributed by atoms with Crippen molar-refractivity contribution in [2.24, 2.45) is 0 Å². The van der Waals surface area contributed by atoms with E-state index in [9.17, 15) is 16.8 Å². The molecule has 1 fully saturated rings. The summed E-state index contributed by atoms with van der Waals surface area (Å²) in [5.41, 5.74) is 0.909. The molecular weight excluding hydrogens is 372 g/mol. The Morgan fingerprint density at radius 2 is 1.54 bits per heavy atom. The fourth-order valence-electron chi connectivity index (χ4n) is 2.97. The molecule has 0 spiro atoms. The van der Waals surface area contributed by atoms with E-state index in [1.165, 1.54) is 10.4 Å². The van der Waals surface area contributed by atoms with Gasteiger partial charge in [0.2, 0.25) is 10.0 Å². The predicted octanol–water partition coefficient (Wildman–Crippen LogP) is 1.50. The molecule has 0 aromatic heterocycles. The molecule has 138 valence electrons. The molecule has 6 nitrogen and oxygen atoms in total. The molecule has 24 heavy (non-hydrogen) atoms. The zero-order valence-electron chi connectivity index (χ0n) is 14.4. The summed E-state index contributed by atoms with van der Waals surface area (Å²) >= 11 is 0. The Morgan fingerprint density at radius 3 is 2.04 bits per heavy atom. The highest BCUT2D eigenvalue weighted by molar-refractivity contribution is 7.91. The first-order chi connectivity index (χ1) is 10.5. The van der Waals surface area contributed by atoms with Crippen LogP contribution in [-0.4, -0.2) is 53.6 Å². The Kier molecular flexibility index (Phi) is 6.85. The average molecular weight is 397 g/mol. The van der Waals surface area contributed by atoms with Gasteiger partial charge in [-0.2, -0.15) is 4.31 Å². The molecule has 1 aromatic carbocycles. The van der Waals surface area contributed by atoms with Crippen LogP contribution in [-0.2, 0) is 19.9 Å². The van der Waals surface area contributed by atoms with Crippen molar-refractivity contribution in [2.45, 2.75) is 42.5 Å². The summed E-state index contributed by atoms with van der Waals surface area (Å²) in [6, 6.07) is 3.01. The summed E-state index contributed by atoms with van der Waals surface area (Å²) in [7, 11) is -5.64. The Morgan fingerprint density at radius 1 is 1.04 bits per heavy atom. The van der Waals surface area contributed by atoms with Gasteiger partial charge in [0.15, 0.2) is 9.84 Å². The van der Waals surface area contributed by atoms with Crippen LogP contribution >= 0.6 is 12.4 Å². The highest BCUT2D eigenvalue weighted by Gasteiger charge is 2.31. The van der Waals surface area contributed by atoms with Crippen LogP contribution in [0.15, 0.2) is 21.9 Å². The van der Waals surface area contributed by atoms with Gasteiger partial charge < -0.3 is 5.32 Å². The van der Waals surface area contributed by atoms with E-state index in [-0.39, 0.29) is 28.2 Å². The second-order valence-electron chi connectivity index (χ2n) is 6.16. The summed E-state index contributed by atoms with van der Waals surface area (Å²) < 4.78 is 51.3. The minimum absolute atomic E-state index is 0. The number of piperidine rings is 1. The van der Waals surface area contributed by atoms with E-state index in [1.54, 1.807) is 27.0 Å². The molecule has 1 aliphatic rings. The highest BCUT2D eigenvalue weighted by Crippen LogP contribution is 2.28. The van der Waals surface area contributed by atoms with Crippen LogP contribution < -0.4 is 5.32 Å². The fourth-order valence-corrected chi connectivity index (χ4v) is 5.84. The molecule has 0 amide bonds. The lowest BCUT2D eigenvalue weighted by Gasteiger charge is -2.31.